The van der Waals surface area contributed by atoms with Gasteiger partial charge < -0.3 is 0 Å². The fourth-order valence-electron chi connectivity index (χ4n) is 3.43. The van der Waals surface area contributed by atoms with Crippen molar-refractivity contribution in [2.75, 3.05) is 0 Å². The first-order valence-electron chi connectivity index (χ1n) is 11.2. The third-order valence-electron chi connectivity index (χ3n) is 5.09. The van der Waals surface area contributed by atoms with Gasteiger partial charge in [0, 0.05) is 6.20 Å². The van der Waals surface area contributed by atoms with Crippen molar-refractivity contribution in [3.8, 4) is 0 Å². The quantitative estimate of drug-likeness (QED) is 0.222. The molecule has 0 spiro atoms. The van der Waals surface area contributed by atoms with Crippen LogP contribution in [0.15, 0.2) is 36.2 Å². The van der Waals surface area contributed by atoms with Crippen molar-refractivity contribution in [2.45, 2.75) is 116 Å². The second kappa shape index (κ2) is 17.8. The van der Waals surface area contributed by atoms with Gasteiger partial charge in [-0.3, -0.25) is 5.32 Å². The zero-order valence-corrected chi connectivity index (χ0v) is 16.9. The molecule has 1 nitrogen and oxygen atoms in total. The van der Waals surface area contributed by atoms with Gasteiger partial charge in [0.2, 0.25) is 0 Å². The number of nitrogens with zero attached hydrogens (tertiary/aromatic N) is 1. The summed E-state index contributed by atoms with van der Waals surface area (Å²) in [5.74, 6) is 0. The Balaban J connectivity index is 1.68. The molecule has 0 bridgehead atoms. The fraction of sp³-hybridized carbons (Fsp3) is 0.750. The lowest BCUT2D eigenvalue weighted by Crippen LogP contribution is -1.86. The van der Waals surface area contributed by atoms with Crippen LogP contribution >= 0.6 is 0 Å². The van der Waals surface area contributed by atoms with E-state index in [2.05, 4.69) is 30.5 Å². The highest BCUT2D eigenvalue weighted by atomic mass is 14.9. The molecule has 0 saturated heterocycles. The molecular formula is C24H42N. The Morgan fingerprint density at radius 1 is 0.680 bits per heavy atom. The van der Waals surface area contributed by atoms with Crippen LogP contribution in [0.25, 0.3) is 0 Å². The molecular weight excluding hydrogens is 302 g/mol. The largest absolute Gasteiger partial charge is 0.257 e. The maximum Gasteiger partial charge on any atom is 0.0626 e. The summed E-state index contributed by atoms with van der Waals surface area (Å²) in [4.78, 5) is 0. The maximum atomic E-state index is 4.24. The van der Waals surface area contributed by atoms with E-state index in [-0.39, 0.29) is 0 Å². The predicted molar refractivity (Wildman–Crippen MR) is 113 cm³/mol. The Kier molecular flexibility index (Phi) is 15.7. The molecule has 0 aromatic heterocycles. The van der Waals surface area contributed by atoms with Gasteiger partial charge in [0.05, 0.1) is 5.70 Å². The van der Waals surface area contributed by atoms with Crippen LogP contribution < -0.4 is 5.32 Å². The Morgan fingerprint density at radius 3 is 1.60 bits per heavy atom. The Morgan fingerprint density at radius 2 is 1.16 bits per heavy atom. The SMILES string of the molecule is CCCCCCCCCCCCCCCCCCC=CC1=CC=C[N]1. The standard InChI is InChI=1S/C24H42N/c1-2-3-4-5-6-7-8-9-10-11-12-13-14-15-16-17-18-19-21-24-22-20-23-25-24/h19-23H,2-18H2,1H3. The molecule has 1 radical (unpaired) electrons. The van der Waals surface area contributed by atoms with Crippen molar-refractivity contribution in [1.82, 2.24) is 5.32 Å². The van der Waals surface area contributed by atoms with E-state index in [0.717, 1.165) is 5.70 Å². The van der Waals surface area contributed by atoms with Crippen LogP contribution in [0.4, 0.5) is 0 Å². The summed E-state index contributed by atoms with van der Waals surface area (Å²) in [5, 5.41) is 4.24. The van der Waals surface area contributed by atoms with Crippen LogP contribution in [0, 0.1) is 0 Å². The van der Waals surface area contributed by atoms with Crippen LogP contribution in [0.3, 0.4) is 0 Å². The van der Waals surface area contributed by atoms with Gasteiger partial charge in [-0.05, 0) is 31.1 Å². The van der Waals surface area contributed by atoms with E-state index in [1.807, 2.05) is 12.3 Å². The molecule has 0 fully saturated rings. The predicted octanol–water partition coefficient (Wildman–Crippen LogP) is 8.21. The first kappa shape index (κ1) is 22.1. The average molecular weight is 345 g/mol. The van der Waals surface area contributed by atoms with Crippen LogP contribution in [0.1, 0.15) is 116 Å². The molecule has 25 heavy (non-hydrogen) atoms. The van der Waals surface area contributed by atoms with Crippen molar-refractivity contribution < 1.29 is 0 Å². The highest BCUT2D eigenvalue weighted by Gasteiger charge is 1.95. The molecule has 0 aromatic rings. The van der Waals surface area contributed by atoms with Gasteiger partial charge in [-0.2, -0.15) is 0 Å². The zero-order valence-electron chi connectivity index (χ0n) is 16.9. The van der Waals surface area contributed by atoms with Gasteiger partial charge in [-0.25, -0.2) is 0 Å². The van der Waals surface area contributed by atoms with Crippen LogP contribution in [0.2, 0.25) is 0 Å². The summed E-state index contributed by atoms with van der Waals surface area (Å²) in [6.07, 6.45) is 34.5. The summed E-state index contributed by atoms with van der Waals surface area (Å²) >= 11 is 0. The molecule has 1 aliphatic heterocycles. The number of hydrogen-bond acceptors (Lipinski definition) is 0. The molecule has 1 aliphatic rings. The fourth-order valence-corrected chi connectivity index (χ4v) is 3.43. The van der Waals surface area contributed by atoms with Gasteiger partial charge in [0.15, 0.2) is 0 Å². The maximum absolute atomic E-state index is 4.24. The minimum atomic E-state index is 1.09. The molecule has 1 heterocycles. The van der Waals surface area contributed by atoms with E-state index in [9.17, 15) is 0 Å². The summed E-state index contributed by atoms with van der Waals surface area (Å²) in [6, 6.07) is 0. The number of unbranched alkanes of at least 4 members (excludes halogenated alkanes) is 16. The second-order valence-electron chi connectivity index (χ2n) is 7.56. The number of allylic oxidation sites excluding steroid dienone is 4. The first-order valence-corrected chi connectivity index (χ1v) is 11.2. The van der Waals surface area contributed by atoms with E-state index in [4.69, 9.17) is 0 Å². The first-order chi connectivity index (χ1) is 12.4. The smallest absolute Gasteiger partial charge is 0.0626 e. The van der Waals surface area contributed by atoms with Gasteiger partial charge in [0.25, 0.3) is 0 Å². The van der Waals surface area contributed by atoms with Crippen molar-refractivity contribution in [1.29, 1.82) is 0 Å². The van der Waals surface area contributed by atoms with Gasteiger partial charge in [0.1, 0.15) is 0 Å². The lowest BCUT2D eigenvalue weighted by molar-refractivity contribution is 0.530. The lowest BCUT2D eigenvalue weighted by atomic mass is 10.0. The second-order valence-corrected chi connectivity index (χ2v) is 7.56. The Labute approximate surface area is 158 Å². The molecule has 0 N–H and O–H groups in total. The Bertz CT molecular complexity index is 364. The van der Waals surface area contributed by atoms with Gasteiger partial charge in [-0.15, -0.1) is 0 Å². The number of rotatable bonds is 18. The van der Waals surface area contributed by atoms with E-state index < -0.39 is 0 Å². The molecule has 1 rings (SSSR count). The highest BCUT2D eigenvalue weighted by Crippen LogP contribution is 2.14. The lowest BCUT2D eigenvalue weighted by Gasteiger charge is -2.03. The van der Waals surface area contributed by atoms with Crippen LogP contribution in [0.5, 0.6) is 0 Å². The number of hydrogen-bond donors (Lipinski definition) is 0. The highest BCUT2D eigenvalue weighted by molar-refractivity contribution is 5.28. The van der Waals surface area contributed by atoms with E-state index in [1.54, 1.807) is 0 Å². The molecule has 1 heteroatoms. The average Bonchev–Trinajstić information content (AvgIpc) is 3.14. The van der Waals surface area contributed by atoms with Crippen molar-refractivity contribution >= 4 is 0 Å². The van der Waals surface area contributed by atoms with E-state index >= 15 is 0 Å². The monoisotopic (exact) mass is 344 g/mol. The topological polar surface area (TPSA) is 14.1 Å². The molecule has 0 aliphatic carbocycles. The molecule has 0 aromatic carbocycles. The van der Waals surface area contributed by atoms with Crippen molar-refractivity contribution in [2.24, 2.45) is 0 Å². The minimum absolute atomic E-state index is 1.09. The van der Waals surface area contributed by atoms with Crippen LogP contribution in [-0.4, -0.2) is 0 Å². The molecule has 0 saturated carbocycles. The third-order valence-corrected chi connectivity index (χ3v) is 5.09. The van der Waals surface area contributed by atoms with E-state index in [0.29, 0.717) is 0 Å². The normalized spacial score (nSPS) is 13.6. The van der Waals surface area contributed by atoms with Crippen molar-refractivity contribution in [3.63, 3.8) is 0 Å². The van der Waals surface area contributed by atoms with Crippen LogP contribution in [-0.2, 0) is 0 Å². The molecule has 0 unspecified atom stereocenters. The zero-order chi connectivity index (χ0) is 17.8. The molecule has 143 valence electrons. The summed E-state index contributed by atoms with van der Waals surface area (Å²) in [5.41, 5.74) is 1.09. The van der Waals surface area contributed by atoms with Gasteiger partial charge in [-0.1, -0.05) is 109 Å². The molecule has 0 amide bonds. The summed E-state index contributed by atoms with van der Waals surface area (Å²) < 4.78 is 0. The molecule has 0 atom stereocenters. The minimum Gasteiger partial charge on any atom is -0.257 e. The van der Waals surface area contributed by atoms with Gasteiger partial charge >= 0.3 is 0 Å². The Hall–Kier alpha value is -0.980. The summed E-state index contributed by atoms with van der Waals surface area (Å²) in [6.45, 7) is 2.29. The summed E-state index contributed by atoms with van der Waals surface area (Å²) in [7, 11) is 0. The van der Waals surface area contributed by atoms with E-state index in [1.165, 1.54) is 109 Å². The van der Waals surface area contributed by atoms with Crippen molar-refractivity contribution in [3.05, 3.63) is 36.2 Å². The third kappa shape index (κ3) is 15.0.